The lowest BCUT2D eigenvalue weighted by Gasteiger charge is -2.37. The number of likely N-dealkylation sites (N-methyl/N-ethyl adjacent to an activating group) is 1. The SMILES string of the molecule is C=C1C(=O)N(C)C(C2CCOCC2)N1c1cccnc1. The second-order valence-corrected chi connectivity index (χ2v) is 5.31. The molecule has 0 N–H and O–H groups in total. The summed E-state index contributed by atoms with van der Waals surface area (Å²) >= 11 is 0. The van der Waals surface area contributed by atoms with Crippen molar-refractivity contribution in [1.82, 2.24) is 9.88 Å². The van der Waals surface area contributed by atoms with E-state index in [0.717, 1.165) is 31.7 Å². The molecular formula is C15H19N3O2. The Morgan fingerprint density at radius 1 is 1.40 bits per heavy atom. The topological polar surface area (TPSA) is 45.7 Å². The lowest BCUT2D eigenvalue weighted by atomic mass is 9.95. The zero-order valence-electron chi connectivity index (χ0n) is 11.7. The van der Waals surface area contributed by atoms with Gasteiger partial charge in [-0.1, -0.05) is 6.58 Å². The molecule has 0 aliphatic carbocycles. The van der Waals surface area contributed by atoms with Crippen molar-refractivity contribution in [2.24, 2.45) is 5.92 Å². The lowest BCUT2D eigenvalue weighted by molar-refractivity contribution is -0.126. The minimum Gasteiger partial charge on any atom is -0.381 e. The summed E-state index contributed by atoms with van der Waals surface area (Å²) in [4.78, 5) is 20.2. The van der Waals surface area contributed by atoms with Crippen molar-refractivity contribution in [3.05, 3.63) is 36.8 Å². The second kappa shape index (κ2) is 5.25. The fraction of sp³-hybridized carbons (Fsp3) is 0.467. The molecule has 2 fully saturated rings. The van der Waals surface area contributed by atoms with E-state index in [1.807, 2.05) is 24.1 Å². The second-order valence-electron chi connectivity index (χ2n) is 5.31. The van der Waals surface area contributed by atoms with Crippen molar-refractivity contribution in [1.29, 1.82) is 0 Å². The molecule has 1 unspecified atom stereocenters. The van der Waals surface area contributed by atoms with Crippen molar-refractivity contribution in [2.45, 2.75) is 19.0 Å². The first-order chi connectivity index (χ1) is 9.70. The van der Waals surface area contributed by atoms with E-state index >= 15 is 0 Å². The summed E-state index contributed by atoms with van der Waals surface area (Å²) in [5, 5.41) is 0. The van der Waals surface area contributed by atoms with Crippen LogP contribution in [0.3, 0.4) is 0 Å². The zero-order chi connectivity index (χ0) is 14.1. The van der Waals surface area contributed by atoms with Gasteiger partial charge in [0.25, 0.3) is 5.91 Å². The van der Waals surface area contributed by atoms with Gasteiger partial charge in [0, 0.05) is 32.4 Å². The Bertz CT molecular complexity index is 511. The molecule has 1 aromatic rings. The maximum atomic E-state index is 12.3. The molecule has 3 heterocycles. The Kier molecular flexibility index (Phi) is 3.44. The van der Waals surface area contributed by atoms with Gasteiger partial charge in [-0.05, 0) is 25.0 Å². The first-order valence-corrected chi connectivity index (χ1v) is 6.93. The highest BCUT2D eigenvalue weighted by molar-refractivity contribution is 6.00. The van der Waals surface area contributed by atoms with Crippen molar-refractivity contribution in [3.8, 4) is 0 Å². The first-order valence-electron chi connectivity index (χ1n) is 6.93. The summed E-state index contributed by atoms with van der Waals surface area (Å²) in [7, 11) is 1.85. The molecule has 2 saturated heterocycles. The smallest absolute Gasteiger partial charge is 0.271 e. The number of nitrogens with zero attached hydrogens (tertiary/aromatic N) is 3. The zero-order valence-corrected chi connectivity index (χ0v) is 11.7. The normalized spacial score (nSPS) is 24.6. The number of carbonyl (C=O) groups is 1. The Morgan fingerprint density at radius 2 is 2.15 bits per heavy atom. The van der Waals surface area contributed by atoms with Gasteiger partial charge in [0.1, 0.15) is 11.9 Å². The van der Waals surface area contributed by atoms with Gasteiger partial charge in [0.05, 0.1) is 11.9 Å². The third-order valence-corrected chi connectivity index (χ3v) is 4.13. The van der Waals surface area contributed by atoms with Gasteiger partial charge in [-0.15, -0.1) is 0 Å². The van der Waals surface area contributed by atoms with Crippen LogP contribution in [0, 0.1) is 5.92 Å². The number of aromatic nitrogens is 1. The van der Waals surface area contributed by atoms with Crippen LogP contribution in [-0.2, 0) is 9.53 Å². The van der Waals surface area contributed by atoms with Gasteiger partial charge in [0.2, 0.25) is 0 Å². The molecule has 1 atom stereocenters. The van der Waals surface area contributed by atoms with Gasteiger partial charge in [0.15, 0.2) is 0 Å². The van der Waals surface area contributed by atoms with Crippen molar-refractivity contribution in [3.63, 3.8) is 0 Å². The number of pyridine rings is 1. The summed E-state index contributed by atoms with van der Waals surface area (Å²) in [5.41, 5.74) is 1.45. The predicted molar refractivity (Wildman–Crippen MR) is 76.0 cm³/mol. The Morgan fingerprint density at radius 3 is 2.80 bits per heavy atom. The summed E-state index contributed by atoms with van der Waals surface area (Å²) in [6.07, 6.45) is 5.46. The largest absolute Gasteiger partial charge is 0.381 e. The molecule has 2 aliphatic rings. The number of rotatable bonds is 2. The fourth-order valence-corrected chi connectivity index (χ4v) is 3.11. The molecule has 0 aromatic carbocycles. The Labute approximate surface area is 118 Å². The van der Waals surface area contributed by atoms with E-state index in [2.05, 4.69) is 11.6 Å². The van der Waals surface area contributed by atoms with Crippen LogP contribution < -0.4 is 4.90 Å². The number of carbonyl (C=O) groups excluding carboxylic acids is 1. The maximum Gasteiger partial charge on any atom is 0.271 e. The first kappa shape index (κ1) is 13.1. The molecule has 3 rings (SSSR count). The third kappa shape index (κ3) is 2.08. The summed E-state index contributed by atoms with van der Waals surface area (Å²) < 4.78 is 5.43. The van der Waals surface area contributed by atoms with Crippen molar-refractivity contribution < 1.29 is 9.53 Å². The van der Waals surface area contributed by atoms with Gasteiger partial charge < -0.3 is 14.5 Å². The monoisotopic (exact) mass is 273 g/mol. The molecule has 1 aromatic heterocycles. The standard InChI is InChI=1S/C15H19N3O2/c1-11-15(19)17(2)14(12-5-8-20-9-6-12)18(11)13-4-3-7-16-10-13/h3-4,7,10,12,14H,1,5-6,8-9H2,2H3. The van der Waals surface area contributed by atoms with Crippen molar-refractivity contribution >= 4 is 11.6 Å². The van der Waals surface area contributed by atoms with Gasteiger partial charge >= 0.3 is 0 Å². The van der Waals surface area contributed by atoms with E-state index in [1.54, 1.807) is 17.3 Å². The van der Waals surface area contributed by atoms with Crippen LogP contribution in [0.2, 0.25) is 0 Å². The summed E-state index contributed by atoms with van der Waals surface area (Å²) in [6, 6.07) is 3.85. The molecule has 106 valence electrons. The number of hydrogen-bond donors (Lipinski definition) is 0. The molecule has 0 radical (unpaired) electrons. The molecule has 1 amide bonds. The minimum absolute atomic E-state index is 0.00894. The molecule has 0 spiro atoms. The van der Waals surface area contributed by atoms with Gasteiger partial charge in [-0.25, -0.2) is 0 Å². The van der Waals surface area contributed by atoms with Crippen molar-refractivity contribution in [2.75, 3.05) is 25.2 Å². The Balaban J connectivity index is 1.95. The van der Waals surface area contributed by atoms with Crippen LogP contribution in [0.15, 0.2) is 36.8 Å². The maximum absolute atomic E-state index is 12.3. The number of hydrogen-bond acceptors (Lipinski definition) is 4. The number of amides is 1. The Hall–Kier alpha value is -1.88. The van der Waals surface area contributed by atoms with Crippen LogP contribution in [0.5, 0.6) is 0 Å². The fourth-order valence-electron chi connectivity index (χ4n) is 3.11. The average molecular weight is 273 g/mol. The minimum atomic E-state index is -0.00894. The van der Waals surface area contributed by atoms with Crippen LogP contribution in [0.25, 0.3) is 0 Å². The average Bonchev–Trinajstić information content (AvgIpc) is 2.73. The molecule has 5 heteroatoms. The van der Waals surface area contributed by atoms with E-state index in [4.69, 9.17) is 4.74 Å². The van der Waals surface area contributed by atoms with E-state index in [-0.39, 0.29) is 12.1 Å². The quantitative estimate of drug-likeness (QED) is 0.768. The van der Waals surface area contributed by atoms with E-state index < -0.39 is 0 Å². The molecule has 5 nitrogen and oxygen atoms in total. The predicted octanol–water partition coefficient (Wildman–Crippen LogP) is 1.63. The third-order valence-electron chi connectivity index (χ3n) is 4.13. The van der Waals surface area contributed by atoms with E-state index in [1.165, 1.54) is 0 Å². The molecule has 0 saturated carbocycles. The van der Waals surface area contributed by atoms with Gasteiger partial charge in [-0.2, -0.15) is 0 Å². The van der Waals surface area contributed by atoms with E-state index in [0.29, 0.717) is 11.6 Å². The van der Waals surface area contributed by atoms with Crippen LogP contribution >= 0.6 is 0 Å². The van der Waals surface area contributed by atoms with E-state index in [9.17, 15) is 4.79 Å². The van der Waals surface area contributed by atoms with Crippen LogP contribution in [0.1, 0.15) is 12.8 Å². The molecule has 20 heavy (non-hydrogen) atoms. The molecular weight excluding hydrogens is 254 g/mol. The van der Waals surface area contributed by atoms with Crippen LogP contribution in [-0.4, -0.2) is 42.2 Å². The number of ether oxygens (including phenoxy) is 1. The highest BCUT2D eigenvalue weighted by Crippen LogP contribution is 2.36. The molecule has 0 bridgehead atoms. The summed E-state index contributed by atoms with van der Waals surface area (Å²) in [6.45, 7) is 5.49. The lowest BCUT2D eigenvalue weighted by Crippen LogP contribution is -2.45. The molecule has 2 aliphatic heterocycles. The number of anilines is 1. The highest BCUT2D eigenvalue weighted by atomic mass is 16.5. The highest BCUT2D eigenvalue weighted by Gasteiger charge is 2.43. The van der Waals surface area contributed by atoms with Crippen LogP contribution in [0.4, 0.5) is 5.69 Å². The van der Waals surface area contributed by atoms with Gasteiger partial charge in [-0.3, -0.25) is 9.78 Å². The summed E-state index contributed by atoms with van der Waals surface area (Å²) in [5.74, 6) is 0.391.